The van der Waals surface area contributed by atoms with E-state index < -0.39 is 5.97 Å². The van der Waals surface area contributed by atoms with Crippen LogP contribution >= 0.6 is 0 Å². The van der Waals surface area contributed by atoms with Crippen LogP contribution in [0.5, 0.6) is 0 Å². The summed E-state index contributed by atoms with van der Waals surface area (Å²) in [7, 11) is 0. The van der Waals surface area contributed by atoms with E-state index in [0.29, 0.717) is 18.2 Å². The summed E-state index contributed by atoms with van der Waals surface area (Å²) in [5, 5.41) is 11.3. The van der Waals surface area contributed by atoms with Gasteiger partial charge in [-0.3, -0.25) is 4.79 Å². The lowest BCUT2D eigenvalue weighted by molar-refractivity contribution is -0.136. The lowest BCUT2D eigenvalue weighted by Crippen LogP contribution is -2.08. The van der Waals surface area contributed by atoms with Crippen molar-refractivity contribution in [2.75, 3.05) is 11.9 Å². The highest BCUT2D eigenvalue weighted by atomic mass is 16.4. The van der Waals surface area contributed by atoms with Gasteiger partial charge in [0.15, 0.2) is 0 Å². The Labute approximate surface area is 75.8 Å². The minimum atomic E-state index is -0.821. The zero-order valence-corrected chi connectivity index (χ0v) is 7.32. The molecule has 0 radical (unpaired) electrons. The van der Waals surface area contributed by atoms with E-state index in [4.69, 9.17) is 5.11 Å². The zero-order chi connectivity index (χ0) is 9.68. The molecular weight excluding hydrogens is 170 g/mol. The van der Waals surface area contributed by atoms with Gasteiger partial charge in [0.2, 0.25) is 0 Å². The summed E-state index contributed by atoms with van der Waals surface area (Å²) in [6.07, 6.45) is 1.72. The highest BCUT2D eigenvalue weighted by Crippen LogP contribution is 2.00. The van der Waals surface area contributed by atoms with Crippen LogP contribution in [0.1, 0.15) is 12.2 Å². The van der Waals surface area contributed by atoms with Crippen LogP contribution in [-0.2, 0) is 4.79 Å². The Bertz CT molecular complexity index is 301. The van der Waals surface area contributed by atoms with E-state index in [2.05, 4.69) is 15.3 Å². The van der Waals surface area contributed by atoms with E-state index in [1.807, 2.05) is 0 Å². The van der Waals surface area contributed by atoms with Crippen LogP contribution in [-0.4, -0.2) is 27.6 Å². The maximum absolute atomic E-state index is 10.2. The number of carbonyl (C=O) groups is 1. The van der Waals surface area contributed by atoms with Crippen molar-refractivity contribution in [3.63, 3.8) is 0 Å². The van der Waals surface area contributed by atoms with Gasteiger partial charge in [0, 0.05) is 12.7 Å². The summed E-state index contributed by atoms with van der Waals surface area (Å²) in [6, 6.07) is 1.70. The number of carboxylic acid groups (broad SMARTS) is 1. The van der Waals surface area contributed by atoms with E-state index >= 15 is 0 Å². The molecule has 0 amide bonds. The number of hydrogen-bond acceptors (Lipinski definition) is 4. The molecular formula is C8H11N3O2. The molecule has 2 N–H and O–H groups in total. The van der Waals surface area contributed by atoms with Crippen molar-refractivity contribution < 1.29 is 9.90 Å². The molecule has 0 fully saturated rings. The van der Waals surface area contributed by atoms with Gasteiger partial charge in [-0.2, -0.15) is 0 Å². The van der Waals surface area contributed by atoms with Gasteiger partial charge in [0.05, 0.1) is 6.42 Å². The molecule has 0 aliphatic heterocycles. The largest absolute Gasteiger partial charge is 0.481 e. The zero-order valence-electron chi connectivity index (χ0n) is 7.32. The molecule has 0 saturated carbocycles. The number of hydrogen-bond donors (Lipinski definition) is 2. The number of carboxylic acids is 1. The predicted molar refractivity (Wildman–Crippen MR) is 47.5 cm³/mol. The van der Waals surface area contributed by atoms with E-state index in [9.17, 15) is 4.79 Å². The molecule has 1 rings (SSSR count). The maximum atomic E-state index is 10.2. The lowest BCUT2D eigenvalue weighted by Gasteiger charge is -2.02. The van der Waals surface area contributed by atoms with Crippen LogP contribution in [0.15, 0.2) is 12.3 Å². The molecule has 0 bridgehead atoms. The first kappa shape index (κ1) is 9.44. The molecule has 0 aliphatic rings. The first-order valence-electron chi connectivity index (χ1n) is 3.94. The third-order valence-corrected chi connectivity index (χ3v) is 1.42. The predicted octanol–water partition coefficient (Wildman–Crippen LogP) is 0.672. The Balaban J connectivity index is 2.41. The molecule has 1 aromatic heterocycles. The second-order valence-corrected chi connectivity index (χ2v) is 2.56. The minimum Gasteiger partial charge on any atom is -0.481 e. The second-order valence-electron chi connectivity index (χ2n) is 2.56. The fourth-order valence-corrected chi connectivity index (χ4v) is 0.852. The van der Waals surface area contributed by atoms with Gasteiger partial charge >= 0.3 is 5.97 Å². The molecule has 0 spiro atoms. The summed E-state index contributed by atoms with van der Waals surface area (Å²) < 4.78 is 0. The average Bonchev–Trinajstić information content (AvgIpc) is 2.03. The van der Waals surface area contributed by atoms with Gasteiger partial charge in [-0.05, 0) is 13.0 Å². The Morgan fingerprint density at radius 3 is 3.08 bits per heavy atom. The van der Waals surface area contributed by atoms with Crippen LogP contribution in [0.3, 0.4) is 0 Å². The Kier molecular flexibility index (Phi) is 3.19. The highest BCUT2D eigenvalue weighted by Gasteiger charge is 1.97. The van der Waals surface area contributed by atoms with E-state index in [1.165, 1.54) is 0 Å². The molecule has 5 heteroatoms. The van der Waals surface area contributed by atoms with Gasteiger partial charge in [-0.25, -0.2) is 9.97 Å². The minimum absolute atomic E-state index is 0.0864. The van der Waals surface area contributed by atoms with Crippen molar-refractivity contribution >= 4 is 11.8 Å². The number of nitrogens with one attached hydrogen (secondary N) is 1. The molecule has 0 atom stereocenters. The summed E-state index contributed by atoms with van der Waals surface area (Å²) >= 11 is 0. The first-order valence-corrected chi connectivity index (χ1v) is 3.94. The summed E-state index contributed by atoms with van der Waals surface area (Å²) in [5.74, 6) is 0.507. The van der Waals surface area contributed by atoms with Crippen LogP contribution in [0, 0.1) is 6.92 Å². The number of aryl methyl sites for hydroxylation is 1. The smallest absolute Gasteiger partial charge is 0.305 e. The average molecular weight is 181 g/mol. The number of nitrogens with zero attached hydrogens (tertiary/aromatic N) is 2. The SMILES string of the molecule is Cc1nccc(NCCC(=O)O)n1. The highest BCUT2D eigenvalue weighted by molar-refractivity contribution is 5.67. The number of aliphatic carboxylic acids is 1. The number of anilines is 1. The van der Waals surface area contributed by atoms with Gasteiger partial charge < -0.3 is 10.4 Å². The van der Waals surface area contributed by atoms with Gasteiger partial charge in [-0.15, -0.1) is 0 Å². The molecule has 0 aromatic carbocycles. The molecule has 70 valence electrons. The lowest BCUT2D eigenvalue weighted by atomic mass is 10.4. The molecule has 0 aliphatic carbocycles. The number of rotatable bonds is 4. The Morgan fingerprint density at radius 1 is 1.69 bits per heavy atom. The van der Waals surface area contributed by atoms with E-state index in [0.717, 1.165) is 0 Å². The topological polar surface area (TPSA) is 75.1 Å². The third-order valence-electron chi connectivity index (χ3n) is 1.42. The summed E-state index contributed by atoms with van der Waals surface area (Å²) in [6.45, 7) is 2.16. The molecule has 1 heterocycles. The van der Waals surface area contributed by atoms with Crippen LogP contribution in [0.25, 0.3) is 0 Å². The quantitative estimate of drug-likeness (QED) is 0.714. The third kappa shape index (κ3) is 3.50. The molecule has 13 heavy (non-hydrogen) atoms. The van der Waals surface area contributed by atoms with Crippen molar-refractivity contribution in [3.05, 3.63) is 18.1 Å². The second kappa shape index (κ2) is 4.39. The van der Waals surface area contributed by atoms with Crippen molar-refractivity contribution in [1.82, 2.24) is 9.97 Å². The number of aromatic nitrogens is 2. The van der Waals surface area contributed by atoms with E-state index in [-0.39, 0.29) is 6.42 Å². The molecule has 5 nitrogen and oxygen atoms in total. The Morgan fingerprint density at radius 2 is 2.46 bits per heavy atom. The first-order chi connectivity index (χ1) is 6.18. The van der Waals surface area contributed by atoms with Crippen molar-refractivity contribution in [2.24, 2.45) is 0 Å². The van der Waals surface area contributed by atoms with Crippen molar-refractivity contribution in [1.29, 1.82) is 0 Å². The normalized spacial score (nSPS) is 9.62. The van der Waals surface area contributed by atoms with Crippen LogP contribution < -0.4 is 5.32 Å². The monoisotopic (exact) mass is 181 g/mol. The van der Waals surface area contributed by atoms with Crippen molar-refractivity contribution in [2.45, 2.75) is 13.3 Å². The maximum Gasteiger partial charge on any atom is 0.305 e. The molecule has 0 saturated heterocycles. The van der Waals surface area contributed by atoms with Crippen LogP contribution in [0.4, 0.5) is 5.82 Å². The van der Waals surface area contributed by atoms with Gasteiger partial charge in [0.25, 0.3) is 0 Å². The molecule has 0 unspecified atom stereocenters. The van der Waals surface area contributed by atoms with Gasteiger partial charge in [0.1, 0.15) is 11.6 Å². The fourth-order valence-electron chi connectivity index (χ4n) is 0.852. The van der Waals surface area contributed by atoms with E-state index in [1.54, 1.807) is 19.2 Å². The standard InChI is InChI=1S/C8H11N3O2/c1-6-9-4-2-7(11-6)10-5-3-8(12)13/h2,4H,3,5H2,1H3,(H,12,13)(H,9,10,11). The van der Waals surface area contributed by atoms with Crippen LogP contribution in [0.2, 0.25) is 0 Å². The summed E-state index contributed by atoms with van der Waals surface area (Å²) in [5.41, 5.74) is 0. The fraction of sp³-hybridized carbons (Fsp3) is 0.375. The summed E-state index contributed by atoms with van der Waals surface area (Å²) in [4.78, 5) is 18.2. The van der Waals surface area contributed by atoms with Crippen molar-refractivity contribution in [3.8, 4) is 0 Å². The molecule has 1 aromatic rings. The van der Waals surface area contributed by atoms with Gasteiger partial charge in [-0.1, -0.05) is 0 Å². The Hall–Kier alpha value is -1.65.